The van der Waals surface area contributed by atoms with E-state index in [4.69, 9.17) is 19.2 Å². The van der Waals surface area contributed by atoms with Crippen LogP contribution in [0.25, 0.3) is 0 Å². The SMILES string of the molecule is CCNC(=NCc1ccc(COC)cc1)N1CCC(OCCCOC)CC1.I. The number of methoxy groups -OCH3 is 2. The van der Waals surface area contributed by atoms with Crippen LogP contribution >= 0.6 is 24.0 Å². The molecule has 7 heteroatoms. The van der Waals surface area contributed by atoms with Crippen LogP contribution in [0.4, 0.5) is 0 Å². The van der Waals surface area contributed by atoms with Crippen LogP contribution in [0.2, 0.25) is 0 Å². The molecule has 28 heavy (non-hydrogen) atoms. The van der Waals surface area contributed by atoms with Gasteiger partial charge < -0.3 is 24.4 Å². The number of nitrogens with one attached hydrogen (secondary N) is 1. The monoisotopic (exact) mass is 505 g/mol. The zero-order valence-electron chi connectivity index (χ0n) is 17.5. The van der Waals surface area contributed by atoms with E-state index in [1.807, 2.05) is 0 Å². The van der Waals surface area contributed by atoms with Crippen LogP contribution in [0.3, 0.4) is 0 Å². The van der Waals surface area contributed by atoms with E-state index in [0.717, 1.165) is 58.1 Å². The third-order valence-electron chi connectivity index (χ3n) is 4.67. The van der Waals surface area contributed by atoms with Crippen LogP contribution in [-0.2, 0) is 27.4 Å². The van der Waals surface area contributed by atoms with E-state index in [1.165, 1.54) is 11.1 Å². The molecule has 1 fully saturated rings. The number of likely N-dealkylation sites (tertiary alicyclic amines) is 1. The summed E-state index contributed by atoms with van der Waals surface area (Å²) in [6.07, 6.45) is 3.41. The third kappa shape index (κ3) is 9.07. The van der Waals surface area contributed by atoms with E-state index in [9.17, 15) is 0 Å². The molecule has 0 bridgehead atoms. The number of ether oxygens (including phenoxy) is 3. The van der Waals surface area contributed by atoms with Crippen molar-refractivity contribution in [1.29, 1.82) is 0 Å². The predicted molar refractivity (Wildman–Crippen MR) is 124 cm³/mol. The van der Waals surface area contributed by atoms with Crippen molar-refractivity contribution < 1.29 is 14.2 Å². The molecule has 1 heterocycles. The van der Waals surface area contributed by atoms with Gasteiger partial charge in [0.05, 0.1) is 19.3 Å². The lowest BCUT2D eigenvalue weighted by Crippen LogP contribution is -2.47. The minimum atomic E-state index is 0. The van der Waals surface area contributed by atoms with Crippen molar-refractivity contribution in [2.75, 3.05) is 47.1 Å². The number of hydrogen-bond acceptors (Lipinski definition) is 4. The molecule has 2 rings (SSSR count). The zero-order valence-corrected chi connectivity index (χ0v) is 19.8. The predicted octanol–water partition coefficient (Wildman–Crippen LogP) is 3.43. The van der Waals surface area contributed by atoms with Gasteiger partial charge in [-0.3, -0.25) is 0 Å². The second kappa shape index (κ2) is 15.0. The highest BCUT2D eigenvalue weighted by Gasteiger charge is 2.21. The van der Waals surface area contributed by atoms with E-state index in [0.29, 0.717) is 19.3 Å². The van der Waals surface area contributed by atoms with Gasteiger partial charge in [0.25, 0.3) is 0 Å². The summed E-state index contributed by atoms with van der Waals surface area (Å²) in [5.74, 6) is 0.997. The number of aliphatic imine (C=N–C) groups is 1. The Bertz CT molecular complexity index is 546. The fraction of sp³-hybridized carbons (Fsp3) is 0.667. The summed E-state index contributed by atoms with van der Waals surface area (Å²) in [6, 6.07) is 8.46. The Morgan fingerprint density at radius 2 is 1.75 bits per heavy atom. The van der Waals surface area contributed by atoms with Crippen molar-refractivity contribution in [3.63, 3.8) is 0 Å². The van der Waals surface area contributed by atoms with E-state index in [-0.39, 0.29) is 24.0 Å². The van der Waals surface area contributed by atoms with Gasteiger partial charge in [-0.05, 0) is 37.3 Å². The first-order chi connectivity index (χ1) is 13.3. The van der Waals surface area contributed by atoms with Gasteiger partial charge in [-0.15, -0.1) is 24.0 Å². The number of guanidine groups is 1. The van der Waals surface area contributed by atoms with Crippen LogP contribution in [-0.4, -0.2) is 64.0 Å². The van der Waals surface area contributed by atoms with Gasteiger partial charge in [0, 0.05) is 47.1 Å². The molecular weight excluding hydrogens is 469 g/mol. The summed E-state index contributed by atoms with van der Waals surface area (Å²) < 4.78 is 16.2. The summed E-state index contributed by atoms with van der Waals surface area (Å²) in [5.41, 5.74) is 2.39. The Morgan fingerprint density at radius 1 is 1.07 bits per heavy atom. The Labute approximate surface area is 187 Å². The smallest absolute Gasteiger partial charge is 0.194 e. The number of benzene rings is 1. The van der Waals surface area contributed by atoms with Crippen molar-refractivity contribution >= 4 is 29.9 Å². The highest BCUT2D eigenvalue weighted by atomic mass is 127. The first kappa shape index (κ1) is 25.1. The topological polar surface area (TPSA) is 55.3 Å². The molecule has 1 aromatic rings. The van der Waals surface area contributed by atoms with Gasteiger partial charge in [0.1, 0.15) is 0 Å². The Kier molecular flexibility index (Phi) is 13.5. The van der Waals surface area contributed by atoms with Crippen LogP contribution in [0.5, 0.6) is 0 Å². The molecule has 160 valence electrons. The van der Waals surface area contributed by atoms with Gasteiger partial charge in [0.15, 0.2) is 5.96 Å². The highest BCUT2D eigenvalue weighted by molar-refractivity contribution is 14.0. The largest absolute Gasteiger partial charge is 0.385 e. The van der Waals surface area contributed by atoms with E-state index >= 15 is 0 Å². The zero-order chi connectivity index (χ0) is 19.3. The van der Waals surface area contributed by atoms with Crippen molar-refractivity contribution in [1.82, 2.24) is 10.2 Å². The average Bonchev–Trinajstić information content (AvgIpc) is 2.70. The summed E-state index contributed by atoms with van der Waals surface area (Å²) >= 11 is 0. The number of rotatable bonds is 10. The third-order valence-corrected chi connectivity index (χ3v) is 4.67. The molecule has 0 aliphatic carbocycles. The standard InChI is InChI=1S/C21H35N3O3.HI/c1-4-22-21(23-16-18-6-8-19(9-7-18)17-26-3)24-12-10-20(11-13-24)27-15-5-14-25-2;/h6-9,20H,4-5,10-17H2,1-3H3,(H,22,23);1H. The number of hydrogen-bond donors (Lipinski definition) is 1. The van der Waals surface area contributed by atoms with Crippen molar-refractivity contribution in [2.24, 2.45) is 4.99 Å². The van der Waals surface area contributed by atoms with Gasteiger partial charge in [-0.1, -0.05) is 24.3 Å². The summed E-state index contributed by atoms with van der Waals surface area (Å²) in [7, 11) is 3.45. The number of halogens is 1. The Morgan fingerprint density at radius 3 is 2.36 bits per heavy atom. The molecule has 0 unspecified atom stereocenters. The quantitative estimate of drug-likeness (QED) is 0.229. The van der Waals surface area contributed by atoms with Crippen LogP contribution < -0.4 is 5.32 Å². The Hall–Kier alpha value is -0.900. The lowest BCUT2D eigenvalue weighted by Gasteiger charge is -2.34. The average molecular weight is 505 g/mol. The molecule has 0 saturated carbocycles. The normalized spacial score (nSPS) is 15.4. The maximum atomic E-state index is 5.96. The lowest BCUT2D eigenvalue weighted by atomic mass is 10.1. The molecule has 0 amide bonds. The maximum Gasteiger partial charge on any atom is 0.194 e. The molecule has 1 aliphatic rings. The molecule has 1 saturated heterocycles. The minimum absolute atomic E-state index is 0. The molecule has 1 aliphatic heterocycles. The maximum absolute atomic E-state index is 5.96. The highest BCUT2D eigenvalue weighted by Crippen LogP contribution is 2.15. The van der Waals surface area contributed by atoms with Gasteiger partial charge in [0.2, 0.25) is 0 Å². The van der Waals surface area contributed by atoms with E-state index in [1.54, 1.807) is 14.2 Å². The molecule has 0 spiro atoms. The first-order valence-corrected chi connectivity index (χ1v) is 9.97. The molecule has 1 N–H and O–H groups in total. The molecule has 1 aromatic carbocycles. The fourth-order valence-electron chi connectivity index (χ4n) is 3.19. The second-order valence-electron chi connectivity index (χ2n) is 6.82. The van der Waals surface area contributed by atoms with Gasteiger partial charge >= 0.3 is 0 Å². The summed E-state index contributed by atoms with van der Waals surface area (Å²) in [6.45, 7) is 7.83. The van der Waals surface area contributed by atoms with Gasteiger partial charge in [-0.2, -0.15) is 0 Å². The molecule has 0 aromatic heterocycles. The fourth-order valence-corrected chi connectivity index (χ4v) is 3.19. The second-order valence-corrected chi connectivity index (χ2v) is 6.82. The Balaban J connectivity index is 0.00000392. The lowest BCUT2D eigenvalue weighted by molar-refractivity contribution is 0.00990. The van der Waals surface area contributed by atoms with E-state index < -0.39 is 0 Å². The van der Waals surface area contributed by atoms with E-state index in [2.05, 4.69) is 41.4 Å². The first-order valence-electron chi connectivity index (χ1n) is 9.97. The van der Waals surface area contributed by atoms with Crippen LogP contribution in [0.15, 0.2) is 29.3 Å². The van der Waals surface area contributed by atoms with Crippen molar-refractivity contribution in [3.8, 4) is 0 Å². The van der Waals surface area contributed by atoms with Crippen molar-refractivity contribution in [3.05, 3.63) is 35.4 Å². The van der Waals surface area contributed by atoms with Crippen molar-refractivity contribution in [2.45, 2.75) is 45.4 Å². The molecular formula is C21H36IN3O3. The minimum Gasteiger partial charge on any atom is -0.385 e. The number of nitrogens with zero attached hydrogens (tertiary/aromatic N) is 2. The summed E-state index contributed by atoms with van der Waals surface area (Å²) in [5, 5.41) is 3.43. The summed E-state index contributed by atoms with van der Waals surface area (Å²) in [4.78, 5) is 7.18. The van der Waals surface area contributed by atoms with Gasteiger partial charge in [-0.25, -0.2) is 4.99 Å². The molecule has 0 atom stereocenters. The molecule has 0 radical (unpaired) electrons. The molecule has 6 nitrogen and oxygen atoms in total. The van der Waals surface area contributed by atoms with Crippen LogP contribution in [0.1, 0.15) is 37.3 Å². The number of piperidine rings is 1. The van der Waals surface area contributed by atoms with Crippen LogP contribution in [0, 0.1) is 0 Å².